The van der Waals surface area contributed by atoms with Crippen molar-refractivity contribution in [3.63, 3.8) is 0 Å². The lowest BCUT2D eigenvalue weighted by atomic mass is 9.46. The molecule has 20 aromatic rings. The van der Waals surface area contributed by atoms with Gasteiger partial charge in [-0.25, -0.2) is 0 Å². The van der Waals surface area contributed by atoms with Gasteiger partial charge in [0.25, 0.3) is 0 Å². The predicted octanol–water partition coefficient (Wildman–Crippen LogP) is 12.4. The minimum absolute atomic E-state index is 0.193. The molecule has 0 aromatic heterocycles. The van der Waals surface area contributed by atoms with Crippen LogP contribution in [0.3, 0.4) is 0 Å². The third-order valence-electron chi connectivity index (χ3n) is 33.4. The van der Waals surface area contributed by atoms with Crippen LogP contribution in [0.2, 0.25) is 0 Å². The van der Waals surface area contributed by atoms with E-state index in [-0.39, 0.29) is 36.0 Å². The number of ether oxygens (including phenoxy) is 1. The standard InChI is InChI=1S/C80H46N8O/c81-17-1-9-85(10-2-17)75-61-51-41-31-26-21-22-24-25-23(21)28-34-32(26)42(41)52-54-44(34)46-36(28)38-30(25)40-39-29(24)37-35-27(22)33(31)43-45(35)55-57-47(37)49(39)59-60-50(40)48(38)58-56(46)66-64(54)76(62(52)61,86-11-3-18(82)4-12-86)72-71(75)73-77(65(55)63(75)53(43)51,87-13-5-19(83)6-14-87)67(57)69(59)79-70(60)68(58)78(66,74(72)80(73,79)89-79)88-15-7-20(84)8-16-88/h17-20,63,65H,1-16,81-84H2. The highest BCUT2D eigenvalue weighted by Gasteiger charge is 2.97. The van der Waals surface area contributed by atoms with Crippen molar-refractivity contribution in [3.05, 3.63) is 77.9 Å². The average molecular weight is 1140 g/mol. The Hall–Kier alpha value is -7.12. The molecule has 89 heavy (non-hydrogen) atoms. The first-order valence-electron chi connectivity index (χ1n) is 35.2. The summed E-state index contributed by atoms with van der Waals surface area (Å²) >= 11 is 0. The van der Waals surface area contributed by atoms with E-state index < -0.39 is 33.4 Å². The Kier molecular flexibility index (Phi) is 4.23. The molecule has 0 bridgehead atoms. The van der Waals surface area contributed by atoms with E-state index in [9.17, 15) is 4.74 Å². The van der Waals surface area contributed by atoms with Crippen LogP contribution in [0.15, 0.2) is 22.3 Å². The maximum absolute atomic E-state index is 9.36. The molecular weight excluding hydrogens is 1090 g/mol. The molecule has 8 unspecified atom stereocenters. The van der Waals surface area contributed by atoms with Gasteiger partial charge in [-0.1, -0.05) is 0 Å². The molecule has 37 rings (SSSR count). The molecule has 9 heteroatoms. The summed E-state index contributed by atoms with van der Waals surface area (Å²) in [6, 6.07) is 0.794. The Labute approximate surface area is 500 Å². The van der Waals surface area contributed by atoms with Crippen LogP contribution in [0.25, 0.3) is 205 Å². The van der Waals surface area contributed by atoms with Crippen molar-refractivity contribution >= 4 is 205 Å². The number of hydrogen-bond acceptors (Lipinski definition) is 9. The number of nitrogens with two attached hydrogens (primary N) is 4. The van der Waals surface area contributed by atoms with Crippen LogP contribution in [0.4, 0.5) is 0 Å². The molecule has 8 N–H and O–H groups in total. The van der Waals surface area contributed by atoms with E-state index in [0.29, 0.717) is 0 Å². The van der Waals surface area contributed by atoms with Crippen LogP contribution in [-0.2, 0) is 32.5 Å². The third-order valence-corrected chi connectivity index (χ3v) is 33.4. The first-order chi connectivity index (χ1) is 43.9. The van der Waals surface area contributed by atoms with Gasteiger partial charge in [0.1, 0.15) is 0 Å². The molecule has 17 aliphatic rings. The summed E-state index contributed by atoms with van der Waals surface area (Å²) in [5.74, 6) is 0.400. The molecule has 0 saturated carbocycles. The monoisotopic (exact) mass is 1130 g/mol. The minimum Gasteiger partial charge on any atom is -0.342 e. The van der Waals surface area contributed by atoms with Crippen molar-refractivity contribution in [2.24, 2.45) is 22.9 Å². The summed E-state index contributed by atoms with van der Waals surface area (Å²) < 4.78 is 9.36. The summed E-state index contributed by atoms with van der Waals surface area (Å²) in [6.45, 7) is 8.05. The smallest absolute Gasteiger partial charge is 0.159 e. The lowest BCUT2D eigenvalue weighted by Crippen LogP contribution is -2.68. The molecule has 9 nitrogen and oxygen atoms in total. The van der Waals surface area contributed by atoms with Crippen molar-refractivity contribution in [1.29, 1.82) is 0 Å². The van der Waals surface area contributed by atoms with E-state index in [4.69, 9.17) is 22.9 Å². The summed E-state index contributed by atoms with van der Waals surface area (Å²) in [5.41, 5.74) is 50.5. The molecule has 412 valence electrons. The first kappa shape index (κ1) is 39.2. The van der Waals surface area contributed by atoms with Crippen molar-refractivity contribution in [1.82, 2.24) is 19.6 Å². The van der Waals surface area contributed by atoms with E-state index in [1.807, 2.05) is 0 Å². The van der Waals surface area contributed by atoms with Gasteiger partial charge in [0.05, 0.1) is 22.2 Å². The van der Waals surface area contributed by atoms with Gasteiger partial charge < -0.3 is 27.7 Å². The zero-order chi connectivity index (χ0) is 54.8. The van der Waals surface area contributed by atoms with Crippen LogP contribution in [0.5, 0.6) is 0 Å². The van der Waals surface area contributed by atoms with Crippen molar-refractivity contribution in [2.45, 2.75) is 121 Å². The van der Waals surface area contributed by atoms with Gasteiger partial charge in [-0.3, -0.25) is 19.6 Å². The third kappa shape index (κ3) is 2.40. The van der Waals surface area contributed by atoms with Gasteiger partial charge in [-0.05, 0) is 312 Å². The fourth-order valence-corrected chi connectivity index (χ4v) is 32.5. The lowest BCUT2D eigenvalue weighted by Gasteiger charge is -2.66. The van der Waals surface area contributed by atoms with E-state index in [2.05, 4.69) is 19.6 Å². The van der Waals surface area contributed by atoms with Crippen molar-refractivity contribution in [3.8, 4) is 0 Å². The largest absolute Gasteiger partial charge is 0.342 e. The molecule has 0 amide bonds. The van der Waals surface area contributed by atoms with Crippen LogP contribution in [0, 0.1) is 0 Å². The van der Waals surface area contributed by atoms with Crippen molar-refractivity contribution in [2.75, 3.05) is 52.4 Å². The first-order valence-corrected chi connectivity index (χ1v) is 35.2. The molecule has 0 radical (unpaired) electrons. The molecule has 8 atom stereocenters. The number of epoxide rings is 1. The maximum Gasteiger partial charge on any atom is 0.159 e. The molecule has 2 spiro atoms. The number of likely N-dealkylation sites (tertiary alicyclic amines) is 4. The molecular formula is C80H46N8O. The summed E-state index contributed by atoms with van der Waals surface area (Å²) in [5, 5.41) is 63.4. The van der Waals surface area contributed by atoms with Crippen LogP contribution >= 0.6 is 0 Å². The highest BCUT2D eigenvalue weighted by molar-refractivity contribution is 6.76. The highest BCUT2D eigenvalue weighted by Crippen LogP contribution is 2.98. The summed E-state index contributed by atoms with van der Waals surface area (Å²) in [6.07, 6.45) is 8.20. The topological polar surface area (TPSA) is 130 Å². The van der Waals surface area contributed by atoms with Gasteiger partial charge in [0.15, 0.2) is 11.2 Å². The molecule has 5 saturated heterocycles. The fraction of sp³-hybridized carbons (Fsp3) is 0.350. The second-order valence-corrected chi connectivity index (χ2v) is 34.2. The van der Waals surface area contributed by atoms with Gasteiger partial charge in [0, 0.05) is 111 Å². The molecule has 5 aliphatic heterocycles. The van der Waals surface area contributed by atoms with Gasteiger partial charge in [-0.15, -0.1) is 0 Å². The summed E-state index contributed by atoms with van der Waals surface area (Å²) in [7, 11) is 0. The Morgan fingerprint density at radius 1 is 0.247 bits per heavy atom. The summed E-state index contributed by atoms with van der Waals surface area (Å²) in [4.78, 5) is 13.0. The molecule has 5 heterocycles. The van der Waals surface area contributed by atoms with E-state index in [1.54, 1.807) is 283 Å². The Morgan fingerprint density at radius 3 is 0.955 bits per heavy atom. The van der Waals surface area contributed by atoms with Gasteiger partial charge in [0.2, 0.25) is 0 Å². The Morgan fingerprint density at radius 2 is 0.528 bits per heavy atom. The maximum atomic E-state index is 9.36. The van der Waals surface area contributed by atoms with Gasteiger partial charge >= 0.3 is 0 Å². The normalized spacial score (nSPS) is 36.3. The average Bonchev–Trinajstić information content (AvgIpc) is 1.36. The van der Waals surface area contributed by atoms with E-state index in [0.717, 1.165) is 104 Å². The lowest BCUT2D eigenvalue weighted by molar-refractivity contribution is -0.0162. The molecule has 20 aromatic carbocycles. The Bertz CT molecular complexity index is 7400. The Balaban J connectivity index is 0.987. The number of benzene rings is 14. The number of hydrogen-bond donors (Lipinski definition) is 4. The second kappa shape index (κ2) is 9.60. The second-order valence-electron chi connectivity index (χ2n) is 34.2. The van der Waals surface area contributed by atoms with E-state index >= 15 is 0 Å². The van der Waals surface area contributed by atoms with Crippen LogP contribution in [-0.4, -0.2) is 102 Å². The highest BCUT2D eigenvalue weighted by atomic mass is 16.6. The molecule has 5 fully saturated rings. The zero-order valence-electron chi connectivity index (χ0n) is 48.3. The fourth-order valence-electron chi connectivity index (χ4n) is 32.5. The number of nitrogens with zero attached hydrogens (tertiary/aromatic N) is 4. The minimum atomic E-state index is -0.697. The van der Waals surface area contributed by atoms with Gasteiger partial charge in [-0.2, -0.15) is 0 Å². The number of piperidine rings is 4. The number of rotatable bonds is 4. The van der Waals surface area contributed by atoms with E-state index in [1.165, 1.54) is 0 Å². The zero-order valence-corrected chi connectivity index (χ0v) is 48.3. The molecule has 12 aliphatic carbocycles. The predicted molar refractivity (Wildman–Crippen MR) is 353 cm³/mol. The van der Waals surface area contributed by atoms with Crippen LogP contribution in [0.1, 0.15) is 119 Å². The quantitative estimate of drug-likeness (QED) is 0.101. The van der Waals surface area contributed by atoms with Crippen molar-refractivity contribution < 1.29 is 4.74 Å². The SMILES string of the molecule is NC1CCN(C23C4=C5C6(N7CCC(N)CC7)c7c2c2c8c3c3c9c%10c%11c%12c%13c%14c%15c%16c%17c%18c(c6c6c7c7c2c2c%19c8c9c8c%11c9c%12c%11c%14c%17c%12c%14c%18c6c6c7c2c2c(c8%19)c9c(c%11%12)c2c%146)C%162OC52C2=C4C3(N3CCC(N)CC3)C%10C%13C2%15N2CCC(N)CC2)CC1. The van der Waals surface area contributed by atoms with Crippen LogP contribution < -0.4 is 22.9 Å².